The first kappa shape index (κ1) is 14.0. The Morgan fingerprint density at radius 2 is 2.11 bits per heavy atom. The SMILES string of the molecule is COc1cc(C)c(C(=O)C2COCCN2)c(C)c1C. The van der Waals surface area contributed by atoms with Crippen molar-refractivity contribution in [1.82, 2.24) is 5.32 Å². The summed E-state index contributed by atoms with van der Waals surface area (Å²) in [6.07, 6.45) is 0. The molecule has 0 saturated carbocycles. The van der Waals surface area contributed by atoms with E-state index < -0.39 is 0 Å². The van der Waals surface area contributed by atoms with Gasteiger partial charge >= 0.3 is 0 Å². The highest BCUT2D eigenvalue weighted by atomic mass is 16.5. The van der Waals surface area contributed by atoms with Gasteiger partial charge in [-0.25, -0.2) is 0 Å². The molecule has 1 atom stereocenters. The lowest BCUT2D eigenvalue weighted by molar-refractivity contribution is 0.0606. The predicted molar refractivity (Wildman–Crippen MR) is 74.1 cm³/mol. The molecule has 104 valence electrons. The Kier molecular flexibility index (Phi) is 4.22. The highest BCUT2D eigenvalue weighted by Crippen LogP contribution is 2.28. The number of methoxy groups -OCH3 is 1. The zero-order chi connectivity index (χ0) is 14.0. The lowest BCUT2D eigenvalue weighted by Gasteiger charge is -2.24. The van der Waals surface area contributed by atoms with Gasteiger partial charge in [0.1, 0.15) is 5.75 Å². The number of ketones is 1. The van der Waals surface area contributed by atoms with Crippen LogP contribution >= 0.6 is 0 Å². The molecule has 1 aliphatic rings. The summed E-state index contributed by atoms with van der Waals surface area (Å²) < 4.78 is 10.7. The number of rotatable bonds is 3. The smallest absolute Gasteiger partial charge is 0.182 e. The largest absolute Gasteiger partial charge is 0.496 e. The van der Waals surface area contributed by atoms with Crippen LogP contribution in [0, 0.1) is 20.8 Å². The third-order valence-electron chi connectivity index (χ3n) is 3.75. The molecule has 0 amide bonds. The molecule has 1 heterocycles. The molecule has 0 aliphatic carbocycles. The number of aryl methyl sites for hydroxylation is 1. The zero-order valence-corrected chi connectivity index (χ0v) is 12.0. The quantitative estimate of drug-likeness (QED) is 0.845. The highest BCUT2D eigenvalue weighted by Gasteiger charge is 2.26. The topological polar surface area (TPSA) is 47.6 Å². The average molecular weight is 263 g/mol. The maximum absolute atomic E-state index is 12.6. The molecule has 1 unspecified atom stereocenters. The number of hydrogen-bond donors (Lipinski definition) is 1. The van der Waals surface area contributed by atoms with Gasteiger partial charge in [-0.2, -0.15) is 0 Å². The maximum atomic E-state index is 12.6. The van der Waals surface area contributed by atoms with Gasteiger partial charge in [0.2, 0.25) is 0 Å². The van der Waals surface area contributed by atoms with Gasteiger partial charge in [-0.1, -0.05) is 0 Å². The van der Waals surface area contributed by atoms with Gasteiger partial charge in [-0.05, 0) is 43.5 Å². The van der Waals surface area contributed by atoms with Gasteiger partial charge < -0.3 is 14.8 Å². The van der Waals surface area contributed by atoms with Crippen molar-refractivity contribution in [3.05, 3.63) is 28.3 Å². The van der Waals surface area contributed by atoms with Crippen LogP contribution in [0.15, 0.2) is 6.07 Å². The van der Waals surface area contributed by atoms with Crippen molar-refractivity contribution in [3.63, 3.8) is 0 Å². The molecule has 2 rings (SSSR count). The molecule has 4 heteroatoms. The Bertz CT molecular complexity index is 491. The van der Waals surface area contributed by atoms with Crippen molar-refractivity contribution in [2.24, 2.45) is 0 Å². The molecule has 0 spiro atoms. The summed E-state index contributed by atoms with van der Waals surface area (Å²) in [6.45, 7) is 7.75. The molecule has 1 aromatic carbocycles. The third-order valence-corrected chi connectivity index (χ3v) is 3.75. The van der Waals surface area contributed by atoms with Crippen molar-refractivity contribution in [1.29, 1.82) is 0 Å². The number of carbonyl (C=O) groups is 1. The van der Waals surface area contributed by atoms with Crippen LogP contribution in [0.1, 0.15) is 27.0 Å². The number of benzene rings is 1. The van der Waals surface area contributed by atoms with Gasteiger partial charge in [0.15, 0.2) is 5.78 Å². The summed E-state index contributed by atoms with van der Waals surface area (Å²) in [6, 6.07) is 1.69. The van der Waals surface area contributed by atoms with Crippen molar-refractivity contribution < 1.29 is 14.3 Å². The van der Waals surface area contributed by atoms with E-state index in [9.17, 15) is 4.79 Å². The zero-order valence-electron chi connectivity index (χ0n) is 12.0. The fourth-order valence-electron chi connectivity index (χ4n) is 2.54. The van der Waals surface area contributed by atoms with E-state index >= 15 is 0 Å². The van der Waals surface area contributed by atoms with Gasteiger partial charge in [-0.15, -0.1) is 0 Å². The first-order valence-electron chi connectivity index (χ1n) is 6.56. The molecular formula is C15H21NO3. The maximum Gasteiger partial charge on any atom is 0.182 e. The molecule has 0 radical (unpaired) electrons. The van der Waals surface area contributed by atoms with E-state index in [1.54, 1.807) is 7.11 Å². The Hall–Kier alpha value is -1.39. The molecule has 1 saturated heterocycles. The van der Waals surface area contributed by atoms with Crippen LogP contribution in [-0.2, 0) is 4.74 Å². The van der Waals surface area contributed by atoms with Crippen LogP contribution in [0.3, 0.4) is 0 Å². The molecule has 19 heavy (non-hydrogen) atoms. The number of hydrogen-bond acceptors (Lipinski definition) is 4. The predicted octanol–water partition coefficient (Wildman–Crippen LogP) is 1.79. The summed E-state index contributed by atoms with van der Waals surface area (Å²) in [7, 11) is 1.65. The molecule has 1 N–H and O–H groups in total. The molecule has 1 aromatic rings. The molecule has 1 aliphatic heterocycles. The average Bonchev–Trinajstić information content (AvgIpc) is 2.43. The van der Waals surface area contributed by atoms with Crippen molar-refractivity contribution in [2.45, 2.75) is 26.8 Å². The fourth-order valence-corrected chi connectivity index (χ4v) is 2.54. The first-order valence-corrected chi connectivity index (χ1v) is 6.56. The van der Waals surface area contributed by atoms with E-state index in [2.05, 4.69) is 5.32 Å². The minimum atomic E-state index is -0.237. The van der Waals surface area contributed by atoms with Crippen molar-refractivity contribution >= 4 is 5.78 Å². The van der Waals surface area contributed by atoms with Gasteiger partial charge in [-0.3, -0.25) is 4.79 Å². The summed E-state index contributed by atoms with van der Waals surface area (Å²) >= 11 is 0. The summed E-state index contributed by atoms with van der Waals surface area (Å²) in [5.41, 5.74) is 3.76. The Labute approximate surface area is 114 Å². The van der Waals surface area contributed by atoms with E-state index in [1.807, 2.05) is 26.8 Å². The van der Waals surface area contributed by atoms with Gasteiger partial charge in [0.05, 0.1) is 26.4 Å². The van der Waals surface area contributed by atoms with E-state index in [-0.39, 0.29) is 11.8 Å². The minimum absolute atomic E-state index is 0.112. The van der Waals surface area contributed by atoms with Crippen LogP contribution in [-0.4, -0.2) is 38.7 Å². The second kappa shape index (κ2) is 5.72. The van der Waals surface area contributed by atoms with Gasteiger partial charge in [0, 0.05) is 12.1 Å². The van der Waals surface area contributed by atoms with Crippen LogP contribution in [0.5, 0.6) is 5.75 Å². The molecule has 0 aromatic heterocycles. The minimum Gasteiger partial charge on any atom is -0.496 e. The fraction of sp³-hybridized carbons (Fsp3) is 0.533. The second-order valence-electron chi connectivity index (χ2n) is 4.97. The lowest BCUT2D eigenvalue weighted by atomic mass is 9.91. The van der Waals surface area contributed by atoms with Crippen LogP contribution < -0.4 is 10.1 Å². The standard InChI is InChI=1S/C15H21NO3/c1-9-7-13(18-4)10(2)11(3)14(9)15(17)12-8-19-6-5-16-12/h7,12,16H,5-6,8H2,1-4H3. The first-order chi connectivity index (χ1) is 9.06. The summed E-state index contributed by atoms with van der Waals surface area (Å²) in [5.74, 6) is 0.944. The monoisotopic (exact) mass is 263 g/mol. The second-order valence-corrected chi connectivity index (χ2v) is 4.97. The molecular weight excluding hydrogens is 242 g/mol. The van der Waals surface area contributed by atoms with Crippen LogP contribution in [0.4, 0.5) is 0 Å². The van der Waals surface area contributed by atoms with Crippen molar-refractivity contribution in [3.8, 4) is 5.75 Å². The van der Waals surface area contributed by atoms with E-state index in [1.165, 1.54) is 0 Å². The number of morpholine rings is 1. The molecule has 4 nitrogen and oxygen atoms in total. The third kappa shape index (κ3) is 2.65. The van der Waals surface area contributed by atoms with E-state index in [4.69, 9.17) is 9.47 Å². The number of Topliss-reactive ketones (excluding diaryl/α,β-unsaturated/α-hetero) is 1. The Morgan fingerprint density at radius 3 is 2.68 bits per heavy atom. The summed E-state index contributed by atoms with van der Waals surface area (Å²) in [4.78, 5) is 12.6. The van der Waals surface area contributed by atoms with Crippen LogP contribution in [0.2, 0.25) is 0 Å². The van der Waals surface area contributed by atoms with E-state index in [0.717, 1.165) is 34.5 Å². The number of carbonyl (C=O) groups excluding carboxylic acids is 1. The normalized spacial score (nSPS) is 19.3. The van der Waals surface area contributed by atoms with E-state index in [0.29, 0.717) is 13.2 Å². The van der Waals surface area contributed by atoms with Crippen molar-refractivity contribution in [2.75, 3.05) is 26.9 Å². The lowest BCUT2D eigenvalue weighted by Crippen LogP contribution is -2.46. The number of ether oxygens (including phenoxy) is 2. The Balaban J connectivity index is 2.38. The van der Waals surface area contributed by atoms with Gasteiger partial charge in [0.25, 0.3) is 0 Å². The number of nitrogens with one attached hydrogen (secondary N) is 1. The summed E-state index contributed by atoms with van der Waals surface area (Å²) in [5, 5.41) is 3.21. The molecule has 0 bridgehead atoms. The Morgan fingerprint density at radius 1 is 1.37 bits per heavy atom. The highest BCUT2D eigenvalue weighted by molar-refractivity contribution is 6.03. The van der Waals surface area contributed by atoms with Crippen LogP contribution in [0.25, 0.3) is 0 Å². The molecule has 1 fully saturated rings.